The minimum atomic E-state index is 0.382. The van der Waals surface area contributed by atoms with Gasteiger partial charge >= 0.3 is 0 Å². The first-order valence-corrected chi connectivity index (χ1v) is 6.65. The molecule has 2 rings (SSSR count). The van der Waals surface area contributed by atoms with Crippen molar-refractivity contribution < 1.29 is 4.74 Å². The van der Waals surface area contributed by atoms with Crippen molar-refractivity contribution in [2.24, 2.45) is 0 Å². The summed E-state index contributed by atoms with van der Waals surface area (Å²) in [5.74, 6) is 0.866. The van der Waals surface area contributed by atoms with Gasteiger partial charge in [-0.3, -0.25) is 0 Å². The van der Waals surface area contributed by atoms with Crippen LogP contribution in [0.4, 0.5) is 0 Å². The first kappa shape index (κ1) is 14.4. The van der Waals surface area contributed by atoms with Crippen LogP contribution in [-0.4, -0.2) is 12.0 Å². The van der Waals surface area contributed by atoms with Gasteiger partial charge in [-0.15, -0.1) is 0 Å². The second-order valence-corrected chi connectivity index (χ2v) is 5.06. The van der Waals surface area contributed by atoms with Crippen molar-refractivity contribution in [1.82, 2.24) is 10.3 Å². The molecule has 0 radical (unpaired) electrons. The van der Waals surface area contributed by atoms with Crippen LogP contribution in [0, 0.1) is 0 Å². The Morgan fingerprint density at radius 2 is 1.84 bits per heavy atom. The molecule has 100 valence electrons. The third kappa shape index (κ3) is 3.74. The Kier molecular flexibility index (Phi) is 4.88. The molecule has 0 amide bonds. The molecule has 0 saturated heterocycles. The SMILES string of the molecule is CNCc1ccc(Oc2cc(Cl)c(Cl)cc2Cl)nc1. The molecule has 0 aliphatic rings. The number of nitrogens with one attached hydrogen (secondary N) is 1. The zero-order valence-corrected chi connectivity index (χ0v) is 12.4. The molecule has 0 bridgehead atoms. The lowest BCUT2D eigenvalue weighted by Crippen LogP contribution is -2.05. The van der Waals surface area contributed by atoms with Crippen LogP contribution < -0.4 is 10.1 Å². The Bertz CT molecular complexity index is 573. The largest absolute Gasteiger partial charge is 0.437 e. The quantitative estimate of drug-likeness (QED) is 0.840. The number of pyridine rings is 1. The fraction of sp³-hybridized carbons (Fsp3) is 0.154. The fourth-order valence-electron chi connectivity index (χ4n) is 1.48. The number of hydrogen-bond acceptors (Lipinski definition) is 3. The first-order valence-electron chi connectivity index (χ1n) is 5.52. The highest BCUT2D eigenvalue weighted by molar-refractivity contribution is 6.43. The summed E-state index contributed by atoms with van der Waals surface area (Å²) in [6.07, 6.45) is 1.73. The molecule has 0 aliphatic heterocycles. The smallest absolute Gasteiger partial charge is 0.219 e. The van der Waals surface area contributed by atoms with Crippen molar-refractivity contribution in [2.75, 3.05) is 7.05 Å². The molecule has 3 nitrogen and oxygen atoms in total. The van der Waals surface area contributed by atoms with Gasteiger partial charge in [0.15, 0.2) is 0 Å². The molecular weight excluding hydrogens is 307 g/mol. The van der Waals surface area contributed by atoms with Crippen LogP contribution in [0.1, 0.15) is 5.56 Å². The maximum atomic E-state index is 6.03. The summed E-state index contributed by atoms with van der Waals surface area (Å²) in [5, 5.41) is 4.19. The Morgan fingerprint density at radius 1 is 1.11 bits per heavy atom. The molecule has 1 N–H and O–H groups in total. The molecule has 1 aromatic heterocycles. The van der Waals surface area contributed by atoms with E-state index in [1.54, 1.807) is 18.3 Å². The number of benzene rings is 1. The molecule has 6 heteroatoms. The Balaban J connectivity index is 2.19. The standard InChI is InChI=1S/C13H11Cl3N2O/c1-17-6-8-2-3-13(18-7-8)19-12-5-10(15)9(14)4-11(12)16/h2-5,7,17H,6H2,1H3. The van der Waals surface area contributed by atoms with Crippen LogP contribution >= 0.6 is 34.8 Å². The van der Waals surface area contributed by atoms with Gasteiger partial charge in [-0.05, 0) is 18.7 Å². The van der Waals surface area contributed by atoms with Crippen LogP contribution in [0.25, 0.3) is 0 Å². The van der Waals surface area contributed by atoms with E-state index in [2.05, 4.69) is 10.3 Å². The molecule has 1 heterocycles. The van der Waals surface area contributed by atoms with E-state index in [9.17, 15) is 0 Å². The maximum absolute atomic E-state index is 6.03. The molecule has 2 aromatic rings. The van der Waals surface area contributed by atoms with E-state index >= 15 is 0 Å². The Hall–Kier alpha value is -1.000. The van der Waals surface area contributed by atoms with Gasteiger partial charge in [-0.2, -0.15) is 0 Å². The topological polar surface area (TPSA) is 34.1 Å². The maximum Gasteiger partial charge on any atom is 0.219 e. The van der Waals surface area contributed by atoms with Crippen LogP contribution in [0.5, 0.6) is 11.6 Å². The summed E-state index contributed by atoms with van der Waals surface area (Å²) in [6.45, 7) is 0.751. The van der Waals surface area contributed by atoms with E-state index in [1.807, 2.05) is 13.1 Å². The van der Waals surface area contributed by atoms with Gasteiger partial charge in [-0.25, -0.2) is 4.98 Å². The number of nitrogens with zero attached hydrogens (tertiary/aromatic N) is 1. The lowest BCUT2D eigenvalue weighted by Gasteiger charge is -2.08. The van der Waals surface area contributed by atoms with E-state index in [4.69, 9.17) is 39.5 Å². The van der Waals surface area contributed by atoms with E-state index in [-0.39, 0.29) is 0 Å². The van der Waals surface area contributed by atoms with E-state index in [1.165, 1.54) is 6.07 Å². The minimum Gasteiger partial charge on any atom is -0.437 e. The van der Waals surface area contributed by atoms with Gasteiger partial charge in [0.05, 0.1) is 15.1 Å². The lowest BCUT2D eigenvalue weighted by atomic mass is 10.3. The van der Waals surface area contributed by atoms with Gasteiger partial charge in [-0.1, -0.05) is 40.9 Å². The van der Waals surface area contributed by atoms with E-state index in [0.717, 1.165) is 12.1 Å². The zero-order valence-electron chi connectivity index (χ0n) is 10.1. The summed E-state index contributed by atoms with van der Waals surface area (Å²) in [4.78, 5) is 4.19. The van der Waals surface area contributed by atoms with Crippen LogP contribution in [0.2, 0.25) is 15.1 Å². The fourth-order valence-corrected chi connectivity index (χ4v) is 2.05. The molecular formula is C13H11Cl3N2O. The zero-order chi connectivity index (χ0) is 13.8. The molecule has 0 unspecified atom stereocenters. The highest BCUT2D eigenvalue weighted by atomic mass is 35.5. The highest BCUT2D eigenvalue weighted by Crippen LogP contribution is 2.35. The number of ether oxygens (including phenoxy) is 1. The summed E-state index contributed by atoms with van der Waals surface area (Å²) in [5.41, 5.74) is 1.06. The predicted molar refractivity (Wildman–Crippen MR) is 78.5 cm³/mol. The van der Waals surface area contributed by atoms with Gasteiger partial charge in [0.25, 0.3) is 0 Å². The van der Waals surface area contributed by atoms with Crippen LogP contribution in [-0.2, 0) is 6.54 Å². The third-order valence-corrected chi connectivity index (χ3v) is 3.39. The third-order valence-electron chi connectivity index (χ3n) is 2.37. The number of hydrogen-bond donors (Lipinski definition) is 1. The normalized spacial score (nSPS) is 10.5. The van der Waals surface area contributed by atoms with Gasteiger partial charge in [0.2, 0.25) is 5.88 Å². The summed E-state index contributed by atoms with van der Waals surface area (Å²) >= 11 is 17.8. The van der Waals surface area contributed by atoms with Gasteiger partial charge in [0.1, 0.15) is 5.75 Å². The molecule has 0 aliphatic carbocycles. The van der Waals surface area contributed by atoms with Crippen molar-refractivity contribution in [3.8, 4) is 11.6 Å². The molecule has 19 heavy (non-hydrogen) atoms. The molecule has 0 atom stereocenters. The van der Waals surface area contributed by atoms with Crippen molar-refractivity contribution in [1.29, 1.82) is 0 Å². The van der Waals surface area contributed by atoms with Crippen LogP contribution in [0.3, 0.4) is 0 Å². The monoisotopic (exact) mass is 316 g/mol. The first-order chi connectivity index (χ1) is 9.10. The number of rotatable bonds is 4. The van der Waals surface area contributed by atoms with Crippen molar-refractivity contribution in [3.63, 3.8) is 0 Å². The van der Waals surface area contributed by atoms with Crippen molar-refractivity contribution >= 4 is 34.8 Å². The molecule has 0 spiro atoms. The molecule has 0 saturated carbocycles. The number of aromatic nitrogens is 1. The average Bonchev–Trinajstić information content (AvgIpc) is 2.38. The predicted octanol–water partition coefficient (Wildman–Crippen LogP) is 4.55. The molecule has 0 fully saturated rings. The summed E-state index contributed by atoms with van der Waals surface area (Å²) < 4.78 is 5.57. The second-order valence-electron chi connectivity index (χ2n) is 3.83. The summed E-state index contributed by atoms with van der Waals surface area (Å²) in [7, 11) is 1.87. The lowest BCUT2D eigenvalue weighted by molar-refractivity contribution is 0.462. The Morgan fingerprint density at radius 3 is 2.47 bits per heavy atom. The number of halogens is 3. The summed E-state index contributed by atoms with van der Waals surface area (Å²) in [6, 6.07) is 6.79. The van der Waals surface area contributed by atoms with E-state index < -0.39 is 0 Å². The minimum absolute atomic E-state index is 0.382. The molecule has 1 aromatic carbocycles. The highest BCUT2D eigenvalue weighted by Gasteiger charge is 2.08. The van der Waals surface area contributed by atoms with Gasteiger partial charge in [0, 0.05) is 24.9 Å². The van der Waals surface area contributed by atoms with Crippen molar-refractivity contribution in [2.45, 2.75) is 6.54 Å². The Labute approximate surface area is 126 Å². The van der Waals surface area contributed by atoms with Crippen molar-refractivity contribution in [3.05, 3.63) is 51.1 Å². The van der Waals surface area contributed by atoms with E-state index in [0.29, 0.717) is 26.7 Å². The van der Waals surface area contributed by atoms with Crippen LogP contribution in [0.15, 0.2) is 30.5 Å². The average molecular weight is 318 g/mol. The second kappa shape index (κ2) is 6.44. The van der Waals surface area contributed by atoms with Gasteiger partial charge < -0.3 is 10.1 Å².